The van der Waals surface area contributed by atoms with Crippen LogP contribution in [0.25, 0.3) is 0 Å². The Morgan fingerprint density at radius 1 is 1.43 bits per heavy atom. The summed E-state index contributed by atoms with van der Waals surface area (Å²) in [5, 5.41) is 0. The summed E-state index contributed by atoms with van der Waals surface area (Å²) in [5.41, 5.74) is 2.92. The first kappa shape index (κ1) is 15.5. The number of hydrazine groups is 1. The Balaban J connectivity index is 1.92. The third-order valence-corrected chi connectivity index (χ3v) is 3.68. The lowest BCUT2D eigenvalue weighted by molar-refractivity contribution is -0.131. The van der Waals surface area contributed by atoms with E-state index in [-0.39, 0.29) is 11.7 Å². The minimum atomic E-state index is -0.458. The van der Waals surface area contributed by atoms with Gasteiger partial charge in [-0.1, -0.05) is 0 Å². The van der Waals surface area contributed by atoms with Gasteiger partial charge in [0.1, 0.15) is 5.76 Å². The predicted octanol–water partition coefficient (Wildman–Crippen LogP) is 0.246. The average molecular weight is 294 g/mol. The van der Waals surface area contributed by atoms with E-state index in [1.54, 1.807) is 13.0 Å². The highest BCUT2D eigenvalue weighted by Gasteiger charge is 2.20. The Morgan fingerprint density at radius 2 is 2.10 bits per heavy atom. The van der Waals surface area contributed by atoms with Crippen molar-refractivity contribution >= 4 is 11.8 Å². The van der Waals surface area contributed by atoms with Crippen molar-refractivity contribution in [2.24, 2.45) is 5.84 Å². The molecule has 21 heavy (non-hydrogen) atoms. The molecule has 0 unspecified atom stereocenters. The number of nitrogens with one attached hydrogen (secondary N) is 1. The van der Waals surface area contributed by atoms with Gasteiger partial charge in [-0.3, -0.25) is 19.9 Å². The summed E-state index contributed by atoms with van der Waals surface area (Å²) >= 11 is 0. The van der Waals surface area contributed by atoms with Crippen molar-refractivity contribution in [2.45, 2.75) is 26.3 Å². The maximum Gasteiger partial charge on any atom is 0.300 e. The first-order chi connectivity index (χ1) is 10.0. The quantitative estimate of drug-likeness (QED) is 0.461. The van der Waals surface area contributed by atoms with Crippen LogP contribution in [0, 0.1) is 6.92 Å². The molecule has 7 heteroatoms. The van der Waals surface area contributed by atoms with Gasteiger partial charge in [-0.15, -0.1) is 0 Å². The van der Waals surface area contributed by atoms with Crippen LogP contribution in [0.4, 0.5) is 0 Å². The molecule has 2 rings (SSSR count). The largest absolute Gasteiger partial charge is 0.456 e. The smallest absolute Gasteiger partial charge is 0.300 e. The molecule has 1 aromatic heterocycles. The molecule has 0 atom stereocenters. The van der Waals surface area contributed by atoms with Crippen molar-refractivity contribution in [2.75, 3.05) is 26.7 Å². The second-order valence-corrected chi connectivity index (χ2v) is 5.43. The second-order valence-electron chi connectivity index (χ2n) is 5.43. The van der Waals surface area contributed by atoms with Gasteiger partial charge in [-0.05, 0) is 32.9 Å². The van der Waals surface area contributed by atoms with E-state index in [2.05, 4.69) is 0 Å². The summed E-state index contributed by atoms with van der Waals surface area (Å²) in [7, 11) is 1.88. The SMILES string of the molecule is Cc1oc(C(=O)NN)cc1CN(C)CC(=O)N1CCCC1. The molecular weight excluding hydrogens is 272 g/mol. The van der Waals surface area contributed by atoms with Gasteiger partial charge in [0.2, 0.25) is 5.91 Å². The van der Waals surface area contributed by atoms with E-state index < -0.39 is 5.91 Å². The van der Waals surface area contributed by atoms with Gasteiger partial charge < -0.3 is 9.32 Å². The third kappa shape index (κ3) is 3.83. The Bertz CT molecular complexity index is 520. The zero-order valence-corrected chi connectivity index (χ0v) is 12.5. The minimum Gasteiger partial charge on any atom is -0.456 e. The highest BCUT2D eigenvalue weighted by Crippen LogP contribution is 2.16. The average Bonchev–Trinajstić information content (AvgIpc) is 3.08. The van der Waals surface area contributed by atoms with Crippen LogP contribution in [-0.4, -0.2) is 48.3 Å². The van der Waals surface area contributed by atoms with E-state index in [1.807, 2.05) is 22.3 Å². The Kier molecular flexibility index (Phi) is 4.98. The topological polar surface area (TPSA) is 91.8 Å². The van der Waals surface area contributed by atoms with Crippen LogP contribution >= 0.6 is 0 Å². The second kappa shape index (κ2) is 6.73. The molecule has 0 spiro atoms. The lowest BCUT2D eigenvalue weighted by Gasteiger charge is -2.20. The number of likely N-dealkylation sites (tertiary alicyclic amines) is 1. The number of carbonyl (C=O) groups is 2. The van der Waals surface area contributed by atoms with Crippen molar-refractivity contribution in [1.29, 1.82) is 0 Å². The number of carbonyl (C=O) groups excluding carboxylic acids is 2. The van der Waals surface area contributed by atoms with Crippen LogP contribution in [-0.2, 0) is 11.3 Å². The number of furan rings is 1. The van der Waals surface area contributed by atoms with Crippen LogP contribution in [0.1, 0.15) is 34.7 Å². The van der Waals surface area contributed by atoms with E-state index >= 15 is 0 Å². The third-order valence-electron chi connectivity index (χ3n) is 3.68. The molecule has 1 fully saturated rings. The monoisotopic (exact) mass is 294 g/mol. The Hall–Kier alpha value is -1.86. The van der Waals surface area contributed by atoms with Gasteiger partial charge >= 0.3 is 5.91 Å². The molecule has 0 bridgehead atoms. The first-order valence-electron chi connectivity index (χ1n) is 7.08. The zero-order chi connectivity index (χ0) is 15.4. The number of aryl methyl sites for hydroxylation is 1. The summed E-state index contributed by atoms with van der Waals surface area (Å²) in [6.45, 7) is 4.42. The van der Waals surface area contributed by atoms with Crippen molar-refractivity contribution in [3.63, 3.8) is 0 Å². The van der Waals surface area contributed by atoms with Gasteiger partial charge in [-0.25, -0.2) is 5.84 Å². The van der Waals surface area contributed by atoms with Gasteiger partial charge in [0.05, 0.1) is 6.54 Å². The molecule has 0 aromatic carbocycles. The van der Waals surface area contributed by atoms with Gasteiger partial charge in [0.15, 0.2) is 5.76 Å². The highest BCUT2D eigenvalue weighted by molar-refractivity contribution is 5.91. The summed E-state index contributed by atoms with van der Waals surface area (Å²) < 4.78 is 5.36. The fraction of sp³-hybridized carbons (Fsp3) is 0.571. The zero-order valence-electron chi connectivity index (χ0n) is 12.5. The molecule has 1 aliphatic heterocycles. The Labute approximate surface area is 124 Å². The van der Waals surface area contributed by atoms with Crippen molar-refractivity contribution in [3.8, 4) is 0 Å². The summed E-state index contributed by atoms with van der Waals surface area (Å²) in [6, 6.07) is 1.66. The number of hydrogen-bond acceptors (Lipinski definition) is 5. The Morgan fingerprint density at radius 3 is 2.71 bits per heavy atom. The van der Waals surface area contributed by atoms with E-state index in [1.165, 1.54) is 0 Å². The van der Waals surface area contributed by atoms with Crippen LogP contribution in [0.5, 0.6) is 0 Å². The number of likely N-dealkylation sites (N-methyl/N-ethyl adjacent to an activating group) is 1. The molecule has 1 saturated heterocycles. The van der Waals surface area contributed by atoms with Crippen molar-refractivity contribution < 1.29 is 14.0 Å². The summed E-state index contributed by atoms with van der Waals surface area (Å²) in [4.78, 5) is 27.3. The fourth-order valence-corrected chi connectivity index (χ4v) is 2.50. The van der Waals surface area contributed by atoms with E-state index in [4.69, 9.17) is 10.3 Å². The molecule has 2 amide bonds. The standard InChI is InChI=1S/C14H22N4O3/c1-10-11(7-12(21-10)14(20)16-15)8-17(2)9-13(19)18-5-3-4-6-18/h7H,3-6,8-9,15H2,1-2H3,(H,16,20). The summed E-state index contributed by atoms with van der Waals surface area (Å²) in [6.07, 6.45) is 2.18. The van der Waals surface area contributed by atoms with E-state index in [9.17, 15) is 9.59 Å². The van der Waals surface area contributed by atoms with Crippen LogP contribution in [0.15, 0.2) is 10.5 Å². The lowest BCUT2D eigenvalue weighted by atomic mass is 10.2. The minimum absolute atomic E-state index is 0.149. The number of nitrogens with zero attached hydrogens (tertiary/aromatic N) is 2. The first-order valence-corrected chi connectivity index (χ1v) is 7.08. The molecule has 2 heterocycles. The normalized spacial score (nSPS) is 14.8. The van der Waals surface area contributed by atoms with Crippen molar-refractivity contribution in [3.05, 3.63) is 23.2 Å². The lowest BCUT2D eigenvalue weighted by Crippen LogP contribution is -2.37. The van der Waals surface area contributed by atoms with Gasteiger partial charge in [0.25, 0.3) is 0 Å². The molecular formula is C14H22N4O3. The number of hydrogen-bond donors (Lipinski definition) is 2. The maximum absolute atomic E-state index is 12.1. The highest BCUT2D eigenvalue weighted by atomic mass is 16.4. The summed E-state index contributed by atoms with van der Waals surface area (Å²) in [5.74, 6) is 5.62. The van der Waals surface area contributed by atoms with Crippen LogP contribution in [0.2, 0.25) is 0 Å². The molecule has 0 radical (unpaired) electrons. The number of nitrogen functional groups attached to an aromatic ring is 1. The molecule has 1 aliphatic rings. The molecule has 116 valence electrons. The maximum atomic E-state index is 12.1. The van der Waals surface area contributed by atoms with Crippen LogP contribution < -0.4 is 11.3 Å². The molecule has 3 N–H and O–H groups in total. The molecule has 7 nitrogen and oxygen atoms in total. The van der Waals surface area contributed by atoms with E-state index in [0.717, 1.165) is 31.5 Å². The van der Waals surface area contributed by atoms with E-state index in [0.29, 0.717) is 18.8 Å². The predicted molar refractivity (Wildman–Crippen MR) is 77.2 cm³/mol. The molecule has 1 aromatic rings. The molecule has 0 aliphatic carbocycles. The molecule has 0 saturated carbocycles. The van der Waals surface area contributed by atoms with Gasteiger partial charge in [-0.2, -0.15) is 0 Å². The number of amides is 2. The number of rotatable bonds is 5. The fourth-order valence-electron chi connectivity index (χ4n) is 2.50. The number of nitrogens with two attached hydrogens (primary N) is 1. The van der Waals surface area contributed by atoms with Crippen molar-refractivity contribution in [1.82, 2.24) is 15.2 Å². The van der Waals surface area contributed by atoms with Gasteiger partial charge in [0, 0.05) is 25.2 Å². The van der Waals surface area contributed by atoms with Crippen LogP contribution in [0.3, 0.4) is 0 Å².